The van der Waals surface area contributed by atoms with Crippen LogP contribution in [0.1, 0.15) is 31.9 Å². The molecule has 0 fully saturated rings. The lowest BCUT2D eigenvalue weighted by Crippen LogP contribution is -2.45. The van der Waals surface area contributed by atoms with E-state index in [-0.39, 0.29) is 18.8 Å². The zero-order chi connectivity index (χ0) is 19.9. The Morgan fingerprint density at radius 1 is 1.04 bits per heavy atom. The van der Waals surface area contributed by atoms with Crippen molar-refractivity contribution in [3.8, 4) is 5.75 Å². The highest BCUT2D eigenvalue weighted by atomic mass is 16.6. The van der Waals surface area contributed by atoms with Gasteiger partial charge in [0.2, 0.25) is 0 Å². The number of carbonyl (C=O) groups excluding carboxylic acids is 2. The number of phenols is 1. The first-order valence-corrected chi connectivity index (χ1v) is 8.71. The van der Waals surface area contributed by atoms with Crippen LogP contribution in [-0.2, 0) is 27.3 Å². The maximum absolute atomic E-state index is 12.6. The molecule has 0 radical (unpaired) electrons. The van der Waals surface area contributed by atoms with Crippen LogP contribution in [0.5, 0.6) is 5.75 Å². The minimum atomic E-state index is -0.939. The SMILES string of the molecule is CC(C)(C)OC(=O)NC(Cc1cccc(O)c1)C(=O)OCc1ccccc1. The van der Waals surface area contributed by atoms with Gasteiger partial charge in [-0.1, -0.05) is 42.5 Å². The summed E-state index contributed by atoms with van der Waals surface area (Å²) < 4.78 is 10.6. The van der Waals surface area contributed by atoms with Gasteiger partial charge in [0.15, 0.2) is 0 Å². The van der Waals surface area contributed by atoms with Gasteiger partial charge in [-0.2, -0.15) is 0 Å². The number of esters is 1. The van der Waals surface area contributed by atoms with Crippen molar-refractivity contribution in [3.05, 3.63) is 65.7 Å². The molecule has 0 bridgehead atoms. The Balaban J connectivity index is 2.07. The summed E-state index contributed by atoms with van der Waals surface area (Å²) in [7, 11) is 0. The smallest absolute Gasteiger partial charge is 0.408 e. The van der Waals surface area contributed by atoms with Gasteiger partial charge in [-0.25, -0.2) is 9.59 Å². The minimum Gasteiger partial charge on any atom is -0.508 e. The van der Waals surface area contributed by atoms with Crippen molar-refractivity contribution in [1.29, 1.82) is 0 Å². The lowest BCUT2D eigenvalue weighted by Gasteiger charge is -2.23. The summed E-state index contributed by atoms with van der Waals surface area (Å²) in [6.45, 7) is 5.33. The van der Waals surface area contributed by atoms with Gasteiger partial charge in [0.05, 0.1) is 0 Å². The molecule has 144 valence electrons. The Hall–Kier alpha value is -3.02. The Morgan fingerprint density at radius 3 is 2.33 bits per heavy atom. The lowest BCUT2D eigenvalue weighted by molar-refractivity contribution is -0.147. The first-order chi connectivity index (χ1) is 12.7. The molecule has 1 amide bonds. The molecule has 0 aliphatic carbocycles. The van der Waals surface area contributed by atoms with Crippen molar-refractivity contribution in [2.45, 2.75) is 45.4 Å². The molecule has 2 N–H and O–H groups in total. The molecule has 27 heavy (non-hydrogen) atoms. The molecule has 0 spiro atoms. The monoisotopic (exact) mass is 371 g/mol. The maximum Gasteiger partial charge on any atom is 0.408 e. The third kappa shape index (κ3) is 7.40. The highest BCUT2D eigenvalue weighted by molar-refractivity contribution is 5.81. The largest absolute Gasteiger partial charge is 0.508 e. The van der Waals surface area contributed by atoms with Crippen LogP contribution in [0.2, 0.25) is 0 Å². The maximum atomic E-state index is 12.6. The molecular formula is C21H25NO5. The third-order valence-electron chi connectivity index (χ3n) is 3.55. The van der Waals surface area contributed by atoms with Gasteiger partial charge < -0.3 is 19.9 Å². The second-order valence-electron chi connectivity index (χ2n) is 7.17. The topological polar surface area (TPSA) is 84.9 Å². The molecule has 0 saturated heterocycles. The molecule has 0 heterocycles. The molecule has 1 unspecified atom stereocenters. The van der Waals surface area contributed by atoms with Crippen molar-refractivity contribution >= 4 is 12.1 Å². The van der Waals surface area contributed by atoms with Crippen LogP contribution < -0.4 is 5.32 Å². The molecular weight excluding hydrogens is 346 g/mol. The number of amides is 1. The van der Waals surface area contributed by atoms with Crippen LogP contribution in [0.3, 0.4) is 0 Å². The molecule has 2 rings (SSSR count). The summed E-state index contributed by atoms with van der Waals surface area (Å²) in [6.07, 6.45) is -0.536. The van der Waals surface area contributed by atoms with E-state index in [4.69, 9.17) is 9.47 Å². The molecule has 0 aliphatic heterocycles. The first kappa shape index (κ1) is 20.3. The minimum absolute atomic E-state index is 0.0844. The number of phenolic OH excluding ortho intramolecular Hbond substituents is 1. The molecule has 6 heteroatoms. The highest BCUT2D eigenvalue weighted by Crippen LogP contribution is 2.14. The van der Waals surface area contributed by atoms with Crippen LogP contribution in [0.25, 0.3) is 0 Å². The van der Waals surface area contributed by atoms with Gasteiger partial charge in [0, 0.05) is 6.42 Å². The van der Waals surface area contributed by atoms with E-state index in [0.717, 1.165) is 5.56 Å². The van der Waals surface area contributed by atoms with Crippen LogP contribution in [0, 0.1) is 0 Å². The van der Waals surface area contributed by atoms with E-state index in [0.29, 0.717) is 5.56 Å². The van der Waals surface area contributed by atoms with Crippen LogP contribution in [-0.4, -0.2) is 28.8 Å². The summed E-state index contributed by atoms with van der Waals surface area (Å²) in [5, 5.41) is 12.2. The number of rotatable bonds is 6. The Morgan fingerprint density at radius 2 is 1.70 bits per heavy atom. The Bertz CT molecular complexity index is 768. The van der Waals surface area contributed by atoms with Gasteiger partial charge in [-0.3, -0.25) is 0 Å². The first-order valence-electron chi connectivity index (χ1n) is 8.71. The molecule has 0 aliphatic rings. The van der Waals surface area contributed by atoms with Crippen LogP contribution >= 0.6 is 0 Å². The average molecular weight is 371 g/mol. The fourth-order valence-electron chi connectivity index (χ4n) is 2.39. The van der Waals surface area contributed by atoms with Crippen LogP contribution in [0.4, 0.5) is 4.79 Å². The van der Waals surface area contributed by atoms with Crippen LogP contribution in [0.15, 0.2) is 54.6 Å². The van der Waals surface area contributed by atoms with Gasteiger partial charge in [0.1, 0.15) is 24.0 Å². The van der Waals surface area contributed by atoms with Crippen molar-refractivity contribution in [3.63, 3.8) is 0 Å². The van der Waals surface area contributed by atoms with Gasteiger partial charge in [-0.05, 0) is 44.0 Å². The van der Waals surface area contributed by atoms with Gasteiger partial charge in [-0.15, -0.1) is 0 Å². The quantitative estimate of drug-likeness (QED) is 0.758. The number of hydrogen-bond acceptors (Lipinski definition) is 5. The number of aromatic hydroxyl groups is 1. The van der Waals surface area contributed by atoms with E-state index in [2.05, 4.69) is 5.32 Å². The summed E-state index contributed by atoms with van der Waals surface area (Å²) in [5.41, 5.74) is 0.847. The van der Waals surface area contributed by atoms with E-state index in [9.17, 15) is 14.7 Å². The third-order valence-corrected chi connectivity index (χ3v) is 3.55. The number of hydrogen-bond donors (Lipinski definition) is 2. The van der Waals surface area contributed by atoms with Crippen molar-refractivity contribution in [2.75, 3.05) is 0 Å². The van der Waals surface area contributed by atoms with Crippen molar-refractivity contribution < 1.29 is 24.2 Å². The number of ether oxygens (including phenoxy) is 2. The van der Waals surface area contributed by atoms with Gasteiger partial charge >= 0.3 is 12.1 Å². The summed E-state index contributed by atoms with van der Waals surface area (Å²) in [4.78, 5) is 24.7. The fourth-order valence-corrected chi connectivity index (χ4v) is 2.39. The van der Waals surface area contributed by atoms with Crippen molar-refractivity contribution in [2.24, 2.45) is 0 Å². The number of nitrogens with one attached hydrogen (secondary N) is 1. The summed E-state index contributed by atoms with van der Waals surface area (Å²) in [6, 6.07) is 14.8. The number of benzene rings is 2. The average Bonchev–Trinajstić information content (AvgIpc) is 2.58. The molecule has 6 nitrogen and oxygen atoms in total. The highest BCUT2D eigenvalue weighted by Gasteiger charge is 2.26. The van der Waals surface area contributed by atoms with E-state index in [1.165, 1.54) is 12.1 Å². The standard InChI is InChI=1S/C21H25NO5/c1-21(2,3)27-20(25)22-18(13-16-10-7-11-17(23)12-16)19(24)26-14-15-8-5-4-6-9-15/h4-12,18,23H,13-14H2,1-3H3,(H,22,25). The van der Waals surface area contributed by atoms with E-state index >= 15 is 0 Å². The molecule has 1 atom stereocenters. The molecule has 0 aromatic heterocycles. The van der Waals surface area contributed by atoms with E-state index in [1.54, 1.807) is 32.9 Å². The van der Waals surface area contributed by atoms with Crippen molar-refractivity contribution in [1.82, 2.24) is 5.32 Å². The van der Waals surface area contributed by atoms with E-state index < -0.39 is 23.7 Å². The normalized spacial score (nSPS) is 12.1. The summed E-state index contributed by atoms with van der Waals surface area (Å²) >= 11 is 0. The van der Waals surface area contributed by atoms with Gasteiger partial charge in [0.25, 0.3) is 0 Å². The predicted molar refractivity (Wildman–Crippen MR) is 101 cm³/mol. The number of carbonyl (C=O) groups is 2. The zero-order valence-electron chi connectivity index (χ0n) is 15.8. The second-order valence-corrected chi connectivity index (χ2v) is 7.17. The molecule has 2 aromatic carbocycles. The molecule has 0 saturated carbocycles. The fraction of sp³-hybridized carbons (Fsp3) is 0.333. The zero-order valence-corrected chi connectivity index (χ0v) is 15.8. The van der Waals surface area contributed by atoms with E-state index in [1.807, 2.05) is 30.3 Å². The molecule has 2 aromatic rings. The number of alkyl carbamates (subject to hydrolysis) is 1. The summed E-state index contributed by atoms with van der Waals surface area (Å²) in [5.74, 6) is -0.491. The Labute approximate surface area is 159 Å². The predicted octanol–water partition coefficient (Wildman–Crippen LogP) is 3.57. The Kier molecular flexibility index (Phi) is 6.82. The second kappa shape index (κ2) is 9.07. The lowest BCUT2D eigenvalue weighted by atomic mass is 10.1.